The Balaban J connectivity index is 2.01. The first kappa shape index (κ1) is 19.7. The summed E-state index contributed by atoms with van der Waals surface area (Å²) >= 11 is 12.6. The van der Waals surface area contributed by atoms with Crippen LogP contribution < -0.4 is 10.5 Å². The first-order chi connectivity index (χ1) is 11.6. The average molecular weight is 423 g/mol. The molecule has 1 heterocycles. The fourth-order valence-corrected chi connectivity index (χ4v) is 4.12. The molecule has 0 atom stereocenters. The standard InChI is InChI=1S/C14H12Cl2N2O5S2/c1-7-2-3-8(4-10(7)25(17,21)22)18-12(19)6-23-14(20)9-5-11(15)24-13(9)16/h2-5H,6H2,1H3,(H,18,19)(H2,17,21,22). The highest BCUT2D eigenvalue weighted by Crippen LogP contribution is 2.31. The van der Waals surface area contributed by atoms with Gasteiger partial charge in [0.25, 0.3) is 5.91 Å². The minimum Gasteiger partial charge on any atom is -0.452 e. The van der Waals surface area contributed by atoms with Crippen LogP contribution in [-0.4, -0.2) is 26.9 Å². The third-order valence-electron chi connectivity index (χ3n) is 2.99. The number of hydrogen-bond donors (Lipinski definition) is 2. The number of halogens is 2. The Morgan fingerprint density at radius 3 is 2.52 bits per heavy atom. The first-order valence-electron chi connectivity index (χ1n) is 6.63. The van der Waals surface area contributed by atoms with Gasteiger partial charge in [0, 0.05) is 5.69 Å². The Morgan fingerprint density at radius 2 is 1.96 bits per heavy atom. The third kappa shape index (κ3) is 5.16. The number of benzene rings is 1. The van der Waals surface area contributed by atoms with Crippen LogP contribution >= 0.6 is 34.5 Å². The van der Waals surface area contributed by atoms with Gasteiger partial charge >= 0.3 is 5.97 Å². The number of thiophene rings is 1. The predicted octanol–water partition coefficient (Wildman–Crippen LogP) is 2.81. The summed E-state index contributed by atoms with van der Waals surface area (Å²) < 4.78 is 28.3. The molecule has 1 aromatic carbocycles. The van der Waals surface area contributed by atoms with Crippen molar-refractivity contribution in [2.75, 3.05) is 11.9 Å². The van der Waals surface area contributed by atoms with E-state index in [1.54, 1.807) is 6.92 Å². The second-order valence-electron chi connectivity index (χ2n) is 4.89. The molecular weight excluding hydrogens is 411 g/mol. The van der Waals surface area contributed by atoms with Crippen molar-refractivity contribution < 1.29 is 22.7 Å². The highest BCUT2D eigenvalue weighted by molar-refractivity contribution is 7.89. The van der Waals surface area contributed by atoms with E-state index < -0.39 is 28.5 Å². The summed E-state index contributed by atoms with van der Waals surface area (Å²) in [7, 11) is -3.92. The molecule has 0 aliphatic carbocycles. The smallest absolute Gasteiger partial charge is 0.341 e. The first-order valence-corrected chi connectivity index (χ1v) is 9.75. The van der Waals surface area contributed by atoms with Crippen molar-refractivity contribution in [2.45, 2.75) is 11.8 Å². The van der Waals surface area contributed by atoms with E-state index in [4.69, 9.17) is 33.1 Å². The number of hydrogen-bond acceptors (Lipinski definition) is 6. The second-order valence-corrected chi connectivity index (χ2v) is 8.70. The van der Waals surface area contributed by atoms with Crippen LogP contribution in [0.25, 0.3) is 0 Å². The van der Waals surface area contributed by atoms with E-state index in [9.17, 15) is 18.0 Å². The number of rotatable bonds is 5. The van der Waals surface area contributed by atoms with Gasteiger partial charge in [0.2, 0.25) is 10.0 Å². The number of carbonyl (C=O) groups is 2. The zero-order chi connectivity index (χ0) is 18.8. The summed E-state index contributed by atoms with van der Waals surface area (Å²) in [5.74, 6) is -1.45. The predicted molar refractivity (Wildman–Crippen MR) is 95.8 cm³/mol. The largest absolute Gasteiger partial charge is 0.452 e. The van der Waals surface area contributed by atoms with Crippen molar-refractivity contribution >= 4 is 62.1 Å². The lowest BCUT2D eigenvalue weighted by Crippen LogP contribution is -2.21. The van der Waals surface area contributed by atoms with Crippen LogP contribution in [0.4, 0.5) is 5.69 Å². The van der Waals surface area contributed by atoms with Crippen molar-refractivity contribution in [3.63, 3.8) is 0 Å². The van der Waals surface area contributed by atoms with E-state index in [2.05, 4.69) is 5.32 Å². The van der Waals surface area contributed by atoms with Gasteiger partial charge in [-0.2, -0.15) is 0 Å². The highest BCUT2D eigenvalue weighted by Gasteiger charge is 2.18. The second kappa shape index (κ2) is 7.71. The lowest BCUT2D eigenvalue weighted by molar-refractivity contribution is -0.119. The molecule has 0 fully saturated rings. The van der Waals surface area contributed by atoms with E-state index in [-0.39, 0.29) is 20.5 Å². The van der Waals surface area contributed by atoms with Gasteiger partial charge in [-0.3, -0.25) is 4.79 Å². The van der Waals surface area contributed by atoms with E-state index >= 15 is 0 Å². The molecule has 0 saturated carbocycles. The van der Waals surface area contributed by atoms with Gasteiger partial charge in [0.15, 0.2) is 6.61 Å². The fourth-order valence-electron chi connectivity index (χ4n) is 1.87. The Hall–Kier alpha value is -1.65. The molecule has 1 amide bonds. The molecule has 1 aromatic heterocycles. The monoisotopic (exact) mass is 422 g/mol. The molecule has 0 radical (unpaired) electrons. The summed E-state index contributed by atoms with van der Waals surface area (Å²) in [6.07, 6.45) is 0. The van der Waals surface area contributed by atoms with Gasteiger partial charge in [0.1, 0.15) is 4.34 Å². The quantitative estimate of drug-likeness (QED) is 0.718. The van der Waals surface area contributed by atoms with Crippen LogP contribution in [0, 0.1) is 6.92 Å². The molecule has 11 heteroatoms. The number of ether oxygens (including phenoxy) is 1. The molecule has 0 aliphatic heterocycles. The van der Waals surface area contributed by atoms with Crippen molar-refractivity contribution in [2.24, 2.45) is 5.14 Å². The van der Waals surface area contributed by atoms with E-state index in [1.165, 1.54) is 24.3 Å². The maximum Gasteiger partial charge on any atom is 0.341 e. The molecule has 7 nitrogen and oxygen atoms in total. The lowest BCUT2D eigenvalue weighted by atomic mass is 10.2. The van der Waals surface area contributed by atoms with Crippen LogP contribution in [0.3, 0.4) is 0 Å². The van der Waals surface area contributed by atoms with Crippen LogP contribution in [-0.2, 0) is 19.6 Å². The van der Waals surface area contributed by atoms with Crippen LogP contribution in [0.2, 0.25) is 8.67 Å². The summed E-state index contributed by atoms with van der Waals surface area (Å²) in [4.78, 5) is 23.6. The third-order valence-corrected chi connectivity index (χ3v) is 5.53. The van der Waals surface area contributed by atoms with Crippen molar-refractivity contribution in [1.29, 1.82) is 0 Å². The number of amides is 1. The normalized spacial score (nSPS) is 11.2. The number of nitrogens with one attached hydrogen (secondary N) is 1. The highest BCUT2D eigenvalue weighted by atomic mass is 35.5. The van der Waals surface area contributed by atoms with Crippen molar-refractivity contribution in [3.8, 4) is 0 Å². The molecule has 3 N–H and O–H groups in total. The zero-order valence-corrected chi connectivity index (χ0v) is 15.9. The van der Waals surface area contributed by atoms with Gasteiger partial charge in [-0.15, -0.1) is 11.3 Å². The molecule has 2 rings (SSSR count). The molecule has 134 valence electrons. The summed E-state index contributed by atoms with van der Waals surface area (Å²) in [6.45, 7) is 0.990. The number of primary sulfonamides is 1. The molecular formula is C14H12Cl2N2O5S2. The Morgan fingerprint density at radius 1 is 1.28 bits per heavy atom. The number of nitrogens with two attached hydrogens (primary N) is 1. The van der Waals surface area contributed by atoms with Gasteiger partial charge in [-0.05, 0) is 30.7 Å². The summed E-state index contributed by atoms with van der Waals surface area (Å²) in [5.41, 5.74) is 0.708. The van der Waals surface area contributed by atoms with Gasteiger partial charge in [-0.1, -0.05) is 29.3 Å². The van der Waals surface area contributed by atoms with Gasteiger partial charge < -0.3 is 10.1 Å². The number of anilines is 1. The SMILES string of the molecule is Cc1ccc(NC(=O)COC(=O)c2cc(Cl)sc2Cl)cc1S(N)(=O)=O. The maximum atomic E-state index is 11.9. The minimum absolute atomic E-state index is 0.0660. The number of aryl methyl sites for hydroxylation is 1. The van der Waals surface area contributed by atoms with Crippen LogP contribution in [0.15, 0.2) is 29.2 Å². The van der Waals surface area contributed by atoms with Crippen molar-refractivity contribution in [1.82, 2.24) is 0 Å². The van der Waals surface area contributed by atoms with Crippen LogP contribution in [0.5, 0.6) is 0 Å². The van der Waals surface area contributed by atoms with E-state index in [0.29, 0.717) is 9.90 Å². The topological polar surface area (TPSA) is 116 Å². The maximum absolute atomic E-state index is 11.9. The zero-order valence-electron chi connectivity index (χ0n) is 12.7. The molecule has 0 bridgehead atoms. The molecule has 2 aromatic rings. The van der Waals surface area contributed by atoms with E-state index in [0.717, 1.165) is 11.3 Å². The van der Waals surface area contributed by atoms with Gasteiger partial charge in [0.05, 0.1) is 14.8 Å². The molecule has 0 spiro atoms. The van der Waals surface area contributed by atoms with Crippen LogP contribution in [0.1, 0.15) is 15.9 Å². The average Bonchev–Trinajstić information content (AvgIpc) is 2.84. The van der Waals surface area contributed by atoms with E-state index in [1.807, 2.05) is 0 Å². The number of esters is 1. The summed E-state index contributed by atoms with van der Waals surface area (Å²) in [5, 5.41) is 7.52. The fraction of sp³-hybridized carbons (Fsp3) is 0.143. The lowest BCUT2D eigenvalue weighted by Gasteiger charge is -2.09. The molecule has 25 heavy (non-hydrogen) atoms. The molecule has 0 saturated heterocycles. The molecule has 0 unspecified atom stereocenters. The summed E-state index contributed by atoms with van der Waals surface area (Å²) in [6, 6.07) is 5.56. The number of carbonyl (C=O) groups excluding carboxylic acids is 2. The Kier molecular flexibility index (Phi) is 6.07. The van der Waals surface area contributed by atoms with Crippen molar-refractivity contribution in [3.05, 3.63) is 44.1 Å². The molecule has 0 aliphatic rings. The van der Waals surface area contributed by atoms with Gasteiger partial charge in [-0.25, -0.2) is 18.4 Å². The Labute approximate surface area is 157 Å². The Bertz CT molecular complexity index is 941. The number of sulfonamides is 1. The minimum atomic E-state index is -3.92.